The Morgan fingerprint density at radius 2 is 1.76 bits per heavy atom. The average molecular weight is 724 g/mol. The number of hydrogen-bond donors (Lipinski definition) is 3. The van der Waals surface area contributed by atoms with Gasteiger partial charge in [-0.05, 0) is 59.0 Å². The standard InChI is InChI=1S/C42H37N5O7/c1-23(2)34-39-47-35(38-43-21-33(52-38)26-14-16-27(50-3)17-15-26)36(54-39)42-28-11-7-8-12-30(28)44-40(42)53-32-18-13-25(19-29(32)42)20-31(37(48)46-34)45-41(49)51-22-24-9-5-4-6-10-24/h4-19,21,23,31,34,40,44H,20,22H2,1-3H3,(H,45,49)(H,46,48)/t31-,34-,40-,42?/m0/s1. The molecule has 1 unspecified atom stereocenters. The Labute approximate surface area is 310 Å². The van der Waals surface area contributed by atoms with E-state index in [4.69, 9.17) is 33.0 Å². The highest BCUT2D eigenvalue weighted by Crippen LogP contribution is 2.59. The van der Waals surface area contributed by atoms with Crippen molar-refractivity contribution in [3.63, 3.8) is 0 Å². The van der Waals surface area contributed by atoms with Crippen LogP contribution in [0.1, 0.15) is 53.8 Å². The number of benzene rings is 4. The van der Waals surface area contributed by atoms with E-state index < -0.39 is 35.7 Å². The number of anilines is 1. The van der Waals surface area contributed by atoms with Gasteiger partial charge in [0, 0.05) is 23.2 Å². The van der Waals surface area contributed by atoms with Crippen molar-refractivity contribution >= 4 is 17.7 Å². The zero-order chi connectivity index (χ0) is 37.0. The third-order valence-electron chi connectivity index (χ3n) is 10.3. The van der Waals surface area contributed by atoms with E-state index in [1.165, 1.54) is 0 Å². The largest absolute Gasteiger partial charge is 0.497 e. The van der Waals surface area contributed by atoms with Crippen LogP contribution in [-0.4, -0.2) is 41.3 Å². The molecule has 9 rings (SSSR count). The van der Waals surface area contributed by atoms with Gasteiger partial charge >= 0.3 is 6.09 Å². The first-order chi connectivity index (χ1) is 26.3. The lowest BCUT2D eigenvalue weighted by Gasteiger charge is -2.28. The van der Waals surface area contributed by atoms with Crippen molar-refractivity contribution in [2.75, 3.05) is 12.4 Å². The molecule has 1 spiro atoms. The zero-order valence-electron chi connectivity index (χ0n) is 29.8. The number of aromatic nitrogens is 2. The highest BCUT2D eigenvalue weighted by molar-refractivity contribution is 5.86. The fraction of sp³-hybridized carbons (Fsp3) is 0.238. The topological polar surface area (TPSA) is 150 Å². The van der Waals surface area contributed by atoms with E-state index in [0.717, 1.165) is 39.3 Å². The Morgan fingerprint density at radius 1 is 0.963 bits per heavy atom. The van der Waals surface area contributed by atoms with Crippen molar-refractivity contribution in [2.45, 2.75) is 50.6 Å². The predicted octanol–water partition coefficient (Wildman–Crippen LogP) is 7.15. The summed E-state index contributed by atoms with van der Waals surface area (Å²) in [6.07, 6.45) is 0.530. The van der Waals surface area contributed by atoms with Gasteiger partial charge in [-0.3, -0.25) is 4.79 Å². The quantitative estimate of drug-likeness (QED) is 0.155. The first-order valence-corrected chi connectivity index (χ1v) is 17.9. The Balaban J connectivity index is 1.18. The van der Waals surface area contributed by atoms with Crippen LogP contribution in [0.15, 0.2) is 112 Å². The number of methoxy groups -OCH3 is 1. The summed E-state index contributed by atoms with van der Waals surface area (Å²) in [6.45, 7) is 4.00. The van der Waals surface area contributed by atoms with Crippen LogP contribution in [0.25, 0.3) is 22.9 Å². The third-order valence-corrected chi connectivity index (χ3v) is 10.3. The zero-order valence-corrected chi connectivity index (χ0v) is 29.8. The van der Waals surface area contributed by atoms with Gasteiger partial charge in [0.1, 0.15) is 35.6 Å². The number of ether oxygens (including phenoxy) is 3. The van der Waals surface area contributed by atoms with Crippen LogP contribution < -0.4 is 25.4 Å². The van der Waals surface area contributed by atoms with Gasteiger partial charge in [-0.25, -0.2) is 14.8 Å². The van der Waals surface area contributed by atoms with E-state index in [1.807, 2.05) is 105 Å². The van der Waals surface area contributed by atoms with Crippen LogP contribution in [0.2, 0.25) is 0 Å². The number of nitrogens with zero attached hydrogens (tertiary/aromatic N) is 2. The molecule has 272 valence electrons. The average Bonchev–Trinajstić information content (AvgIpc) is 3.97. The van der Waals surface area contributed by atoms with Crippen LogP contribution in [0, 0.1) is 5.92 Å². The van der Waals surface area contributed by atoms with Crippen LogP contribution in [-0.2, 0) is 28.0 Å². The van der Waals surface area contributed by atoms with Crippen LogP contribution in [0.5, 0.6) is 11.5 Å². The highest BCUT2D eigenvalue weighted by Gasteiger charge is 2.61. The molecule has 12 nitrogen and oxygen atoms in total. The number of alkyl carbamates (subject to hydrolysis) is 1. The van der Waals surface area contributed by atoms with Crippen molar-refractivity contribution < 1.29 is 32.6 Å². The first kappa shape index (κ1) is 33.3. The van der Waals surface area contributed by atoms with Gasteiger partial charge in [0.25, 0.3) is 0 Å². The molecule has 6 aromatic rings. The Kier molecular flexibility index (Phi) is 8.10. The van der Waals surface area contributed by atoms with Gasteiger partial charge < -0.3 is 39.0 Å². The van der Waals surface area contributed by atoms with E-state index >= 15 is 0 Å². The normalized spacial score (nSPS) is 20.7. The van der Waals surface area contributed by atoms with Crippen molar-refractivity contribution in [1.29, 1.82) is 0 Å². The maximum Gasteiger partial charge on any atom is 0.408 e. The van der Waals surface area contributed by atoms with Gasteiger partial charge in [-0.15, -0.1) is 0 Å². The summed E-state index contributed by atoms with van der Waals surface area (Å²) in [4.78, 5) is 37.2. The molecule has 5 heterocycles. The minimum absolute atomic E-state index is 0.0605. The fourth-order valence-electron chi connectivity index (χ4n) is 7.63. The molecular formula is C42H37N5O7. The van der Waals surface area contributed by atoms with Gasteiger partial charge in [-0.2, -0.15) is 0 Å². The molecule has 4 atom stereocenters. The maximum absolute atomic E-state index is 14.2. The number of rotatable bonds is 7. The van der Waals surface area contributed by atoms with Gasteiger partial charge in [0.2, 0.25) is 17.7 Å². The first-order valence-electron chi connectivity index (χ1n) is 17.9. The molecule has 3 aliphatic heterocycles. The Hall–Kier alpha value is -6.56. The lowest BCUT2D eigenvalue weighted by atomic mass is 9.72. The number of para-hydroxylation sites is 1. The van der Waals surface area contributed by atoms with Crippen LogP contribution in [0.3, 0.4) is 0 Å². The summed E-state index contributed by atoms with van der Waals surface area (Å²) in [7, 11) is 1.62. The molecule has 0 saturated carbocycles. The summed E-state index contributed by atoms with van der Waals surface area (Å²) in [5.41, 5.74) is 4.42. The van der Waals surface area contributed by atoms with E-state index in [2.05, 4.69) is 22.0 Å². The lowest BCUT2D eigenvalue weighted by molar-refractivity contribution is -0.124. The third kappa shape index (κ3) is 5.53. The van der Waals surface area contributed by atoms with E-state index in [0.29, 0.717) is 23.0 Å². The van der Waals surface area contributed by atoms with Gasteiger partial charge in [0.15, 0.2) is 23.4 Å². The number of fused-ring (bicyclic) bond motifs is 4. The molecule has 12 heteroatoms. The summed E-state index contributed by atoms with van der Waals surface area (Å²) in [5.74, 6) is 2.30. The second kappa shape index (κ2) is 13.1. The summed E-state index contributed by atoms with van der Waals surface area (Å²) in [5, 5.41) is 9.54. The number of nitrogens with one attached hydrogen (secondary N) is 3. The van der Waals surface area contributed by atoms with Crippen LogP contribution >= 0.6 is 0 Å². The number of carbonyl (C=O) groups excluding carboxylic acids is 2. The van der Waals surface area contributed by atoms with Crippen molar-refractivity contribution in [3.05, 3.63) is 137 Å². The molecule has 0 fully saturated rings. The number of oxazole rings is 2. The number of hydrogen-bond acceptors (Lipinski definition) is 10. The van der Waals surface area contributed by atoms with Gasteiger partial charge in [-0.1, -0.05) is 74.5 Å². The monoisotopic (exact) mass is 723 g/mol. The SMILES string of the molecule is COc1ccc(-c2cnc(-c3nc4oc3C35c6ccccc6N[C@H]3Oc3ccc(cc35)C[C@H](NC(=O)OCc3ccccc3)C(=O)N[C@H]4C(C)C)o2)cc1. The van der Waals surface area contributed by atoms with Crippen molar-refractivity contribution in [1.82, 2.24) is 20.6 Å². The predicted molar refractivity (Wildman–Crippen MR) is 198 cm³/mol. The summed E-state index contributed by atoms with van der Waals surface area (Å²) < 4.78 is 31.0. The number of carbonyl (C=O) groups is 2. The summed E-state index contributed by atoms with van der Waals surface area (Å²) >= 11 is 0. The van der Waals surface area contributed by atoms with Crippen LogP contribution in [0.4, 0.5) is 10.5 Å². The molecule has 54 heavy (non-hydrogen) atoms. The van der Waals surface area contributed by atoms with Gasteiger partial charge in [0.05, 0.1) is 13.3 Å². The van der Waals surface area contributed by atoms with Crippen molar-refractivity contribution in [3.8, 4) is 34.4 Å². The summed E-state index contributed by atoms with van der Waals surface area (Å²) in [6, 6.07) is 29.0. The van der Waals surface area contributed by atoms with Crippen molar-refractivity contribution in [2.24, 2.45) is 5.92 Å². The molecule has 0 radical (unpaired) electrons. The molecule has 3 aliphatic rings. The smallest absolute Gasteiger partial charge is 0.408 e. The second-order valence-corrected chi connectivity index (χ2v) is 14.0. The molecule has 2 amide bonds. The fourth-order valence-corrected chi connectivity index (χ4v) is 7.63. The van der Waals surface area contributed by atoms with E-state index in [1.54, 1.807) is 13.3 Å². The molecule has 0 aliphatic carbocycles. The second-order valence-electron chi connectivity index (χ2n) is 14.0. The maximum atomic E-state index is 14.2. The molecule has 3 N–H and O–H groups in total. The molecule has 0 saturated heterocycles. The minimum atomic E-state index is -1.03. The lowest BCUT2D eigenvalue weighted by Crippen LogP contribution is -2.49. The minimum Gasteiger partial charge on any atom is -0.497 e. The van der Waals surface area contributed by atoms with E-state index in [9.17, 15) is 9.59 Å². The Morgan fingerprint density at radius 3 is 2.56 bits per heavy atom. The highest BCUT2D eigenvalue weighted by atomic mass is 16.5. The van der Waals surface area contributed by atoms with E-state index in [-0.39, 0.29) is 30.7 Å². The number of amides is 2. The molecular weight excluding hydrogens is 686 g/mol. The molecule has 2 aromatic heterocycles. The molecule has 4 aromatic carbocycles. The molecule has 4 bridgehead atoms. The Bertz CT molecular complexity index is 2370.